The Kier molecular flexibility index (Phi) is 4.63. The second-order valence-corrected chi connectivity index (χ2v) is 6.20. The quantitative estimate of drug-likeness (QED) is 0.854. The highest BCUT2D eigenvalue weighted by atomic mass is 16.4. The van der Waals surface area contributed by atoms with Gasteiger partial charge in [0, 0.05) is 6.54 Å². The van der Waals surface area contributed by atoms with E-state index in [2.05, 4.69) is 0 Å². The minimum absolute atomic E-state index is 0.156. The minimum Gasteiger partial charge on any atom is -0.481 e. The highest BCUT2D eigenvalue weighted by Gasteiger charge is 2.38. The second-order valence-electron chi connectivity index (χ2n) is 6.20. The number of carbonyl (C=O) groups is 1. The normalized spacial score (nSPS) is 14.3. The van der Waals surface area contributed by atoms with E-state index in [1.165, 1.54) is 0 Å². The number of carboxylic acids is 1. The first-order valence-electron chi connectivity index (χ1n) is 7.38. The lowest BCUT2D eigenvalue weighted by Gasteiger charge is -2.30. The van der Waals surface area contributed by atoms with Gasteiger partial charge >= 0.3 is 5.97 Å². The maximum atomic E-state index is 11.8. The molecule has 0 aliphatic rings. The fourth-order valence-electron chi connectivity index (χ4n) is 3.07. The van der Waals surface area contributed by atoms with Crippen LogP contribution in [-0.4, -0.2) is 17.6 Å². The predicted molar refractivity (Wildman–Crippen MR) is 86.2 cm³/mol. The van der Waals surface area contributed by atoms with Crippen molar-refractivity contribution in [2.45, 2.75) is 26.7 Å². The van der Waals surface area contributed by atoms with Gasteiger partial charge in [-0.3, -0.25) is 4.79 Å². The van der Waals surface area contributed by atoms with Crippen LogP contribution in [0.15, 0.2) is 42.5 Å². The molecule has 1 atom stereocenters. The molecule has 0 heterocycles. The summed E-state index contributed by atoms with van der Waals surface area (Å²) in [5.41, 5.74) is 6.03. The molecular formula is C18H23NO2. The van der Waals surface area contributed by atoms with Gasteiger partial charge in [0.05, 0.1) is 5.41 Å². The molecule has 3 nitrogen and oxygen atoms in total. The summed E-state index contributed by atoms with van der Waals surface area (Å²) in [6.45, 7) is 4.23. The molecule has 2 aromatic carbocycles. The Morgan fingerprint density at radius 1 is 1.19 bits per heavy atom. The molecule has 0 fully saturated rings. The Labute approximate surface area is 125 Å². The maximum Gasteiger partial charge on any atom is 0.311 e. The fourth-order valence-corrected chi connectivity index (χ4v) is 3.07. The summed E-state index contributed by atoms with van der Waals surface area (Å²) in [4.78, 5) is 11.8. The van der Waals surface area contributed by atoms with E-state index in [-0.39, 0.29) is 6.54 Å². The van der Waals surface area contributed by atoms with Gasteiger partial charge in [-0.1, -0.05) is 56.3 Å². The molecule has 112 valence electrons. The number of hydrogen-bond donors (Lipinski definition) is 2. The van der Waals surface area contributed by atoms with E-state index in [4.69, 9.17) is 5.73 Å². The average Bonchev–Trinajstić information content (AvgIpc) is 2.46. The highest BCUT2D eigenvalue weighted by Crippen LogP contribution is 2.33. The van der Waals surface area contributed by atoms with Crippen molar-refractivity contribution in [3.05, 3.63) is 48.0 Å². The van der Waals surface area contributed by atoms with Gasteiger partial charge in [-0.25, -0.2) is 0 Å². The zero-order valence-electron chi connectivity index (χ0n) is 12.7. The molecule has 0 radical (unpaired) electrons. The molecule has 2 rings (SSSR count). The van der Waals surface area contributed by atoms with Crippen LogP contribution in [0, 0.1) is 11.3 Å². The Balaban J connectivity index is 2.46. The van der Waals surface area contributed by atoms with Crippen molar-refractivity contribution in [1.82, 2.24) is 0 Å². The number of benzene rings is 2. The number of hydrogen-bond acceptors (Lipinski definition) is 2. The van der Waals surface area contributed by atoms with Gasteiger partial charge in [-0.2, -0.15) is 0 Å². The van der Waals surface area contributed by atoms with Crippen LogP contribution in [0.1, 0.15) is 25.8 Å². The summed E-state index contributed by atoms with van der Waals surface area (Å²) in [5, 5.41) is 12.0. The molecule has 0 saturated carbocycles. The first kappa shape index (κ1) is 15.5. The van der Waals surface area contributed by atoms with Gasteiger partial charge in [0.1, 0.15) is 0 Å². The average molecular weight is 285 g/mol. The van der Waals surface area contributed by atoms with Crippen molar-refractivity contribution in [1.29, 1.82) is 0 Å². The molecule has 0 bridgehead atoms. The smallest absolute Gasteiger partial charge is 0.311 e. The van der Waals surface area contributed by atoms with Crippen LogP contribution in [0.4, 0.5) is 0 Å². The Morgan fingerprint density at radius 2 is 1.86 bits per heavy atom. The van der Waals surface area contributed by atoms with Gasteiger partial charge in [0.15, 0.2) is 0 Å². The van der Waals surface area contributed by atoms with E-state index in [0.717, 1.165) is 16.3 Å². The van der Waals surface area contributed by atoms with E-state index >= 15 is 0 Å². The van der Waals surface area contributed by atoms with E-state index in [9.17, 15) is 9.90 Å². The van der Waals surface area contributed by atoms with Crippen LogP contribution in [0.5, 0.6) is 0 Å². The van der Waals surface area contributed by atoms with E-state index in [1.807, 2.05) is 56.3 Å². The van der Waals surface area contributed by atoms with Crippen LogP contribution in [0.3, 0.4) is 0 Å². The van der Waals surface area contributed by atoms with E-state index in [1.54, 1.807) is 0 Å². The third kappa shape index (κ3) is 3.24. The fraction of sp³-hybridized carbons (Fsp3) is 0.389. The molecule has 21 heavy (non-hydrogen) atoms. The minimum atomic E-state index is -0.891. The number of carboxylic acid groups (broad SMARTS) is 1. The van der Waals surface area contributed by atoms with Crippen molar-refractivity contribution in [3.8, 4) is 0 Å². The molecule has 0 amide bonds. The summed E-state index contributed by atoms with van der Waals surface area (Å²) in [6.07, 6.45) is 1.06. The molecular weight excluding hydrogens is 262 g/mol. The third-order valence-corrected chi connectivity index (χ3v) is 4.05. The molecule has 1 unspecified atom stereocenters. The van der Waals surface area contributed by atoms with E-state index < -0.39 is 11.4 Å². The summed E-state index contributed by atoms with van der Waals surface area (Å²) in [5.74, 6) is -0.508. The summed E-state index contributed by atoms with van der Waals surface area (Å²) in [7, 11) is 0. The highest BCUT2D eigenvalue weighted by molar-refractivity contribution is 5.86. The van der Waals surface area contributed by atoms with Crippen molar-refractivity contribution >= 4 is 16.7 Å². The Hall–Kier alpha value is -1.87. The van der Waals surface area contributed by atoms with Gasteiger partial charge in [0.25, 0.3) is 0 Å². The van der Waals surface area contributed by atoms with Crippen LogP contribution in [0.2, 0.25) is 0 Å². The molecule has 2 aromatic rings. The lowest BCUT2D eigenvalue weighted by atomic mass is 9.74. The molecule has 0 aliphatic carbocycles. The first-order chi connectivity index (χ1) is 9.98. The number of fused-ring (bicyclic) bond motifs is 1. The lowest BCUT2D eigenvalue weighted by molar-refractivity contribution is -0.149. The van der Waals surface area contributed by atoms with Crippen LogP contribution in [0.25, 0.3) is 10.8 Å². The van der Waals surface area contributed by atoms with Gasteiger partial charge in [0.2, 0.25) is 0 Å². The zero-order chi connectivity index (χ0) is 15.5. The predicted octanol–water partition coefficient (Wildman–Crippen LogP) is 3.46. The maximum absolute atomic E-state index is 11.8. The molecule has 0 aliphatic heterocycles. The van der Waals surface area contributed by atoms with Crippen LogP contribution >= 0.6 is 0 Å². The van der Waals surface area contributed by atoms with Crippen LogP contribution in [-0.2, 0) is 11.2 Å². The Bertz CT molecular complexity index is 631. The van der Waals surface area contributed by atoms with Crippen molar-refractivity contribution in [2.24, 2.45) is 17.1 Å². The largest absolute Gasteiger partial charge is 0.481 e. The number of rotatable bonds is 6. The van der Waals surface area contributed by atoms with Gasteiger partial charge in [-0.05, 0) is 35.1 Å². The van der Waals surface area contributed by atoms with E-state index in [0.29, 0.717) is 18.8 Å². The number of aliphatic carboxylic acids is 1. The van der Waals surface area contributed by atoms with Gasteiger partial charge in [-0.15, -0.1) is 0 Å². The van der Waals surface area contributed by atoms with Crippen molar-refractivity contribution in [2.75, 3.05) is 6.54 Å². The third-order valence-electron chi connectivity index (χ3n) is 4.05. The molecule has 0 saturated heterocycles. The standard InChI is InChI=1S/C18H23NO2/c1-13(2)10-18(12-19,17(20)21)11-15-8-5-7-14-6-3-4-9-16(14)15/h3-9,13H,10-12,19H2,1-2H3,(H,20,21). The second kappa shape index (κ2) is 6.27. The Morgan fingerprint density at radius 3 is 2.48 bits per heavy atom. The molecule has 0 aromatic heterocycles. The monoisotopic (exact) mass is 285 g/mol. The number of nitrogens with two attached hydrogens (primary N) is 1. The zero-order valence-corrected chi connectivity index (χ0v) is 12.7. The van der Waals surface area contributed by atoms with Crippen molar-refractivity contribution < 1.29 is 9.90 Å². The molecule has 0 spiro atoms. The molecule has 3 N–H and O–H groups in total. The molecule has 3 heteroatoms. The lowest BCUT2D eigenvalue weighted by Crippen LogP contribution is -2.41. The van der Waals surface area contributed by atoms with Crippen LogP contribution < -0.4 is 5.73 Å². The van der Waals surface area contributed by atoms with Gasteiger partial charge < -0.3 is 10.8 Å². The topological polar surface area (TPSA) is 63.3 Å². The first-order valence-corrected chi connectivity index (χ1v) is 7.38. The summed E-state index contributed by atoms with van der Waals surface area (Å²) in [6, 6.07) is 14.1. The summed E-state index contributed by atoms with van der Waals surface area (Å²) < 4.78 is 0. The van der Waals surface area contributed by atoms with Crippen molar-refractivity contribution in [3.63, 3.8) is 0 Å². The summed E-state index contributed by atoms with van der Waals surface area (Å²) >= 11 is 0. The SMILES string of the molecule is CC(C)CC(CN)(Cc1cccc2ccccc12)C(=O)O.